The molecule has 42 heavy (non-hydrogen) atoms. The van der Waals surface area contributed by atoms with E-state index in [9.17, 15) is 35.5 Å². The predicted octanol–water partition coefficient (Wildman–Crippen LogP) is 5.64. The van der Waals surface area contributed by atoms with Gasteiger partial charge in [-0.15, -0.1) is 0 Å². The maximum Gasteiger partial charge on any atom is 0.323 e. The monoisotopic (exact) mass is 608 g/mol. The van der Waals surface area contributed by atoms with Crippen molar-refractivity contribution >= 4 is 67.2 Å². The first kappa shape index (κ1) is 30.0. The predicted molar refractivity (Wildman–Crippen MR) is 160 cm³/mol. The summed E-state index contributed by atoms with van der Waals surface area (Å²) in [6, 6.07) is 23.1. The molecule has 0 saturated heterocycles. The highest BCUT2D eigenvalue weighted by Gasteiger charge is 2.18. The van der Waals surface area contributed by atoms with Crippen LogP contribution in [0.3, 0.4) is 0 Å². The van der Waals surface area contributed by atoms with E-state index in [0.717, 1.165) is 12.1 Å². The van der Waals surface area contributed by atoms with Gasteiger partial charge in [-0.1, -0.05) is 60.7 Å². The summed E-state index contributed by atoms with van der Waals surface area (Å²) in [5.74, 6) is 0. The number of rotatable bonds is 8. The molecule has 0 unspecified atom stereocenters. The number of para-hydroxylation sites is 2. The molecule has 0 spiro atoms. The van der Waals surface area contributed by atoms with Crippen LogP contribution in [0.15, 0.2) is 107 Å². The van der Waals surface area contributed by atoms with Gasteiger partial charge in [-0.2, -0.15) is 16.8 Å². The van der Waals surface area contributed by atoms with Gasteiger partial charge in [0.1, 0.15) is 9.79 Å². The molecule has 4 aromatic rings. The Bertz CT molecular complexity index is 1730. The number of carbonyl (C=O) groups is 2. The fraction of sp³-hybridized carbons (Fsp3) is 0. The van der Waals surface area contributed by atoms with E-state index >= 15 is 0 Å². The number of urea groups is 2. The van der Waals surface area contributed by atoms with Crippen molar-refractivity contribution in [3.05, 3.63) is 108 Å². The Morgan fingerprint density at radius 3 is 1.17 bits per heavy atom. The zero-order valence-corrected chi connectivity index (χ0v) is 23.2. The highest BCUT2D eigenvalue weighted by molar-refractivity contribution is 7.86. The number of hydrogen-bond donors (Lipinski definition) is 6. The highest BCUT2D eigenvalue weighted by Crippen LogP contribution is 2.26. The number of nitrogens with one attached hydrogen (secondary N) is 4. The molecule has 6 N–H and O–H groups in total. The molecule has 0 saturated carbocycles. The highest BCUT2D eigenvalue weighted by atomic mass is 32.2. The summed E-state index contributed by atoms with van der Waals surface area (Å²) < 4.78 is 68.0. The third kappa shape index (κ3) is 8.25. The first-order chi connectivity index (χ1) is 19.9. The summed E-state index contributed by atoms with van der Waals surface area (Å²) in [6.07, 6.45) is 2.41. The molecule has 4 aromatic carbocycles. The maximum absolute atomic E-state index is 12.3. The molecular formula is C28H24N4O8S2. The van der Waals surface area contributed by atoms with Crippen LogP contribution < -0.4 is 21.3 Å². The van der Waals surface area contributed by atoms with E-state index in [1.807, 2.05) is 0 Å². The van der Waals surface area contributed by atoms with E-state index in [2.05, 4.69) is 21.3 Å². The van der Waals surface area contributed by atoms with E-state index < -0.39 is 42.1 Å². The Morgan fingerprint density at radius 2 is 0.833 bits per heavy atom. The first-order valence-electron chi connectivity index (χ1n) is 12.1. The van der Waals surface area contributed by atoms with Crippen LogP contribution in [0.4, 0.5) is 32.3 Å². The van der Waals surface area contributed by atoms with Crippen molar-refractivity contribution < 1.29 is 35.5 Å². The van der Waals surface area contributed by atoms with Crippen LogP contribution in [0.1, 0.15) is 11.1 Å². The van der Waals surface area contributed by atoms with Crippen LogP contribution in [-0.4, -0.2) is 38.0 Å². The van der Waals surface area contributed by atoms with Crippen LogP contribution in [0, 0.1) is 0 Å². The summed E-state index contributed by atoms with van der Waals surface area (Å²) in [5, 5.41) is 10.1. The fourth-order valence-corrected chi connectivity index (χ4v) is 5.18. The van der Waals surface area contributed by atoms with Gasteiger partial charge < -0.3 is 21.3 Å². The molecule has 0 atom stereocenters. The van der Waals surface area contributed by atoms with Crippen molar-refractivity contribution in [1.82, 2.24) is 0 Å². The Labute approximate surface area is 241 Å². The van der Waals surface area contributed by atoms with Crippen molar-refractivity contribution in [2.75, 3.05) is 21.3 Å². The molecule has 4 amide bonds. The molecule has 0 radical (unpaired) electrons. The van der Waals surface area contributed by atoms with Gasteiger partial charge in [0.15, 0.2) is 0 Å². The molecule has 0 aliphatic rings. The fourth-order valence-electron chi connectivity index (χ4n) is 3.76. The van der Waals surface area contributed by atoms with E-state index in [0.29, 0.717) is 11.4 Å². The Morgan fingerprint density at radius 1 is 0.500 bits per heavy atom. The second-order valence-corrected chi connectivity index (χ2v) is 11.5. The normalized spacial score (nSPS) is 11.6. The molecule has 0 fully saturated rings. The lowest BCUT2D eigenvalue weighted by atomic mass is 10.1. The van der Waals surface area contributed by atoms with Gasteiger partial charge >= 0.3 is 12.1 Å². The Kier molecular flexibility index (Phi) is 9.02. The second-order valence-electron chi connectivity index (χ2n) is 8.68. The summed E-state index contributed by atoms with van der Waals surface area (Å²) in [7, 11) is -9.57. The number of amides is 4. The molecule has 0 aliphatic carbocycles. The topological polar surface area (TPSA) is 191 Å². The van der Waals surface area contributed by atoms with E-state index in [4.69, 9.17) is 0 Å². The van der Waals surface area contributed by atoms with Crippen LogP contribution in [-0.2, 0) is 20.2 Å². The van der Waals surface area contributed by atoms with Crippen LogP contribution in [0.5, 0.6) is 0 Å². The summed E-state index contributed by atoms with van der Waals surface area (Å²) >= 11 is 0. The quantitative estimate of drug-likeness (QED) is 0.109. The lowest BCUT2D eigenvalue weighted by Crippen LogP contribution is -2.19. The summed E-state index contributed by atoms with van der Waals surface area (Å²) in [6.45, 7) is 0. The number of anilines is 4. The van der Waals surface area contributed by atoms with Gasteiger partial charge in [0, 0.05) is 22.7 Å². The third-order valence-corrected chi connectivity index (χ3v) is 7.42. The largest absolute Gasteiger partial charge is 0.323 e. The molecule has 0 bridgehead atoms. The first-order valence-corrected chi connectivity index (χ1v) is 14.9. The summed E-state index contributed by atoms with van der Waals surface area (Å²) in [4.78, 5) is 23.5. The molecule has 0 heterocycles. The molecule has 14 heteroatoms. The Balaban J connectivity index is 1.57. The van der Waals surface area contributed by atoms with Crippen LogP contribution >= 0.6 is 0 Å². The van der Waals surface area contributed by atoms with Crippen molar-refractivity contribution in [1.29, 1.82) is 0 Å². The van der Waals surface area contributed by atoms with E-state index in [-0.39, 0.29) is 22.5 Å². The minimum atomic E-state index is -4.78. The molecule has 4 rings (SSSR count). The average Bonchev–Trinajstić information content (AvgIpc) is 2.92. The molecule has 12 nitrogen and oxygen atoms in total. The van der Waals surface area contributed by atoms with Gasteiger partial charge in [-0.25, -0.2) is 9.59 Å². The van der Waals surface area contributed by atoms with Crippen molar-refractivity contribution in [3.63, 3.8) is 0 Å². The van der Waals surface area contributed by atoms with Gasteiger partial charge in [-0.05, 0) is 59.7 Å². The van der Waals surface area contributed by atoms with Crippen molar-refractivity contribution in [2.24, 2.45) is 0 Å². The zero-order chi connectivity index (χ0) is 30.3. The zero-order valence-electron chi connectivity index (χ0n) is 21.6. The van der Waals surface area contributed by atoms with Crippen LogP contribution in [0.2, 0.25) is 0 Å². The van der Waals surface area contributed by atoms with E-state index in [1.54, 1.807) is 60.7 Å². The van der Waals surface area contributed by atoms with Gasteiger partial charge in [0.25, 0.3) is 20.2 Å². The Hall–Kier alpha value is -5.02. The number of benzene rings is 4. The molecular weight excluding hydrogens is 584 g/mol. The lowest BCUT2D eigenvalue weighted by Gasteiger charge is -2.11. The van der Waals surface area contributed by atoms with Gasteiger partial charge in [0.05, 0.1) is 0 Å². The molecule has 0 aliphatic heterocycles. The van der Waals surface area contributed by atoms with Gasteiger partial charge in [0.2, 0.25) is 0 Å². The van der Waals surface area contributed by atoms with Crippen molar-refractivity contribution in [2.45, 2.75) is 9.79 Å². The maximum atomic E-state index is 12.3. The third-order valence-electron chi connectivity index (χ3n) is 5.60. The van der Waals surface area contributed by atoms with Crippen LogP contribution in [0.25, 0.3) is 12.2 Å². The molecule has 216 valence electrons. The van der Waals surface area contributed by atoms with Gasteiger partial charge in [-0.3, -0.25) is 9.11 Å². The second kappa shape index (κ2) is 12.7. The minimum absolute atomic E-state index is 0.0442. The minimum Gasteiger partial charge on any atom is -0.308 e. The SMILES string of the molecule is O=C(Nc1ccccc1)Nc1ccc(/C=C/c2ccc(NC(=O)Nc3ccccc3)cc2S(=O)(=O)O)c(S(=O)(=O)O)c1. The lowest BCUT2D eigenvalue weighted by molar-refractivity contribution is 0.261. The smallest absolute Gasteiger partial charge is 0.308 e. The number of carbonyl (C=O) groups excluding carboxylic acids is 2. The average molecular weight is 609 g/mol. The molecule has 0 aromatic heterocycles. The summed E-state index contributed by atoms with van der Waals surface area (Å²) in [5.41, 5.74) is 1.01. The van der Waals surface area contributed by atoms with E-state index in [1.165, 1.54) is 36.4 Å². The number of hydrogen-bond acceptors (Lipinski definition) is 6. The standard InChI is InChI=1S/C28H24N4O8S2/c33-27(29-21-7-3-1-4-8-21)31-23-15-13-19(25(17-23)41(35,36)37)11-12-20-14-16-24(18-26(20)42(38,39)40)32-28(34)30-22-9-5-2-6-10-22/h1-18H,(H2,29,31,33)(H2,30,32,34)(H,35,36,37)(H,38,39,40)/b12-11+. The van der Waals surface area contributed by atoms with Crippen molar-refractivity contribution in [3.8, 4) is 0 Å².